The Morgan fingerprint density at radius 1 is 1.15 bits per heavy atom. The molecule has 0 bridgehead atoms. The lowest BCUT2D eigenvalue weighted by atomic mass is 9.90. The molecule has 6 nitrogen and oxygen atoms in total. The molecule has 1 aromatic carbocycles. The summed E-state index contributed by atoms with van der Waals surface area (Å²) in [5.74, 6) is -1.96. The minimum atomic E-state index is -4.20. The molecule has 3 heterocycles. The maximum Gasteiger partial charge on any atom is 0.401 e. The number of aromatic amines is 1. The highest BCUT2D eigenvalue weighted by Crippen LogP contribution is 2.31. The zero-order chi connectivity index (χ0) is 23.8. The quantitative estimate of drug-likeness (QED) is 0.442. The number of pyridine rings is 1. The zero-order valence-electron chi connectivity index (χ0n) is 17.7. The van der Waals surface area contributed by atoms with Gasteiger partial charge < -0.3 is 15.6 Å². The Balaban J connectivity index is 1.38. The lowest BCUT2D eigenvalue weighted by molar-refractivity contribution is -0.148. The van der Waals surface area contributed by atoms with Crippen LogP contribution in [-0.4, -0.2) is 46.7 Å². The van der Waals surface area contributed by atoms with Crippen molar-refractivity contribution in [2.24, 2.45) is 0 Å². The van der Waals surface area contributed by atoms with Crippen molar-refractivity contribution in [2.75, 3.05) is 30.3 Å². The van der Waals surface area contributed by atoms with Gasteiger partial charge in [-0.2, -0.15) is 13.2 Å². The van der Waals surface area contributed by atoms with Crippen molar-refractivity contribution in [2.45, 2.75) is 31.9 Å². The molecular formula is C22H22F5N5O. The lowest BCUT2D eigenvalue weighted by Crippen LogP contribution is -2.39. The van der Waals surface area contributed by atoms with E-state index in [1.165, 1.54) is 17.3 Å². The number of fused-ring (bicyclic) bond motifs is 1. The van der Waals surface area contributed by atoms with E-state index in [2.05, 4.69) is 20.6 Å². The number of carbonyl (C=O) groups excluding carboxylic acids is 1. The smallest absolute Gasteiger partial charge is 0.359 e. The van der Waals surface area contributed by atoms with Crippen LogP contribution in [-0.2, 0) is 0 Å². The van der Waals surface area contributed by atoms with Crippen LogP contribution in [0.2, 0.25) is 0 Å². The fraction of sp³-hybridized carbons (Fsp3) is 0.364. The van der Waals surface area contributed by atoms with Crippen molar-refractivity contribution in [3.8, 4) is 0 Å². The fourth-order valence-corrected chi connectivity index (χ4v) is 4.20. The van der Waals surface area contributed by atoms with Crippen molar-refractivity contribution in [1.29, 1.82) is 0 Å². The maximum atomic E-state index is 13.5. The Hall–Kier alpha value is -3.21. The first-order chi connectivity index (χ1) is 15.6. The summed E-state index contributed by atoms with van der Waals surface area (Å²) in [6, 6.07) is 3.16. The molecular weight excluding hydrogens is 445 g/mol. The summed E-state index contributed by atoms with van der Waals surface area (Å²) < 4.78 is 64.6. The van der Waals surface area contributed by atoms with E-state index in [0.29, 0.717) is 42.5 Å². The third kappa shape index (κ3) is 5.41. The number of nitrogens with one attached hydrogen (secondary N) is 3. The van der Waals surface area contributed by atoms with E-state index >= 15 is 0 Å². The number of hydrogen-bond donors (Lipinski definition) is 3. The predicted molar refractivity (Wildman–Crippen MR) is 114 cm³/mol. The number of likely N-dealkylation sites (tertiary alicyclic amines) is 1. The van der Waals surface area contributed by atoms with Gasteiger partial charge in [-0.3, -0.25) is 9.88 Å². The van der Waals surface area contributed by atoms with Crippen molar-refractivity contribution >= 4 is 28.3 Å². The number of nitrogens with zero attached hydrogens (tertiary/aromatic N) is 2. The number of halogens is 5. The normalized spacial score (nSPS) is 15.7. The highest BCUT2D eigenvalue weighted by Gasteiger charge is 2.33. The third-order valence-electron chi connectivity index (χ3n) is 5.72. The SMILES string of the molecule is Cc1cc(NC(=O)Nc2c[nH]c3cc(F)c(F)cc23)cnc1C1CCN(CC(F)(F)F)CC1. The monoisotopic (exact) mass is 467 g/mol. The second kappa shape index (κ2) is 8.97. The van der Waals surface area contributed by atoms with E-state index < -0.39 is 30.4 Å². The van der Waals surface area contributed by atoms with Crippen LogP contribution in [0.3, 0.4) is 0 Å². The van der Waals surface area contributed by atoms with Crippen LogP contribution in [0.25, 0.3) is 10.9 Å². The number of amides is 2. The topological polar surface area (TPSA) is 73.0 Å². The Kier molecular flexibility index (Phi) is 6.24. The summed E-state index contributed by atoms with van der Waals surface area (Å²) in [6.45, 7) is 1.64. The number of benzene rings is 1. The van der Waals surface area contributed by atoms with Crippen LogP contribution in [0.15, 0.2) is 30.6 Å². The molecule has 11 heteroatoms. The van der Waals surface area contributed by atoms with Crippen LogP contribution in [0.4, 0.5) is 38.1 Å². The van der Waals surface area contributed by atoms with Crippen molar-refractivity contribution < 1.29 is 26.7 Å². The molecule has 1 aliphatic heterocycles. The fourth-order valence-electron chi connectivity index (χ4n) is 4.20. The van der Waals surface area contributed by atoms with E-state index in [4.69, 9.17) is 0 Å². The molecule has 0 unspecified atom stereocenters. The minimum Gasteiger partial charge on any atom is -0.359 e. The number of H-pyrrole nitrogens is 1. The van der Waals surface area contributed by atoms with E-state index in [1.54, 1.807) is 6.07 Å². The molecule has 3 aromatic rings. The molecule has 0 saturated carbocycles. The van der Waals surface area contributed by atoms with Crippen LogP contribution < -0.4 is 10.6 Å². The summed E-state index contributed by atoms with van der Waals surface area (Å²) in [5.41, 5.74) is 2.69. The molecule has 33 heavy (non-hydrogen) atoms. The molecule has 2 amide bonds. The summed E-state index contributed by atoms with van der Waals surface area (Å²) in [4.78, 5) is 21.0. The van der Waals surface area contributed by atoms with E-state index in [1.807, 2.05) is 6.92 Å². The second-order valence-corrected chi connectivity index (χ2v) is 8.19. The van der Waals surface area contributed by atoms with Crippen molar-refractivity contribution in [3.05, 3.63) is 53.5 Å². The number of urea groups is 1. The van der Waals surface area contributed by atoms with Gasteiger partial charge >= 0.3 is 12.2 Å². The van der Waals surface area contributed by atoms with Gasteiger partial charge in [0.1, 0.15) is 0 Å². The molecule has 0 spiro atoms. The Bertz CT molecular complexity index is 1170. The highest BCUT2D eigenvalue weighted by atomic mass is 19.4. The molecule has 0 aliphatic carbocycles. The average molecular weight is 467 g/mol. The lowest BCUT2D eigenvalue weighted by Gasteiger charge is -2.32. The van der Waals surface area contributed by atoms with Gasteiger partial charge in [0, 0.05) is 29.3 Å². The third-order valence-corrected chi connectivity index (χ3v) is 5.72. The highest BCUT2D eigenvalue weighted by molar-refractivity contribution is 6.05. The van der Waals surface area contributed by atoms with Gasteiger partial charge in [0.15, 0.2) is 11.6 Å². The standard InChI is InChI=1S/C22H22F5N5O/c1-12-6-14(9-29-20(12)13-2-4-32(5-3-13)11-22(25,26)27)30-21(33)31-19-10-28-18-8-17(24)16(23)7-15(18)19/h6-10,13,28H,2-5,11H2,1H3,(H2,30,31,33). The van der Waals surface area contributed by atoms with Gasteiger partial charge in [-0.1, -0.05) is 0 Å². The van der Waals surface area contributed by atoms with Crippen molar-refractivity contribution in [1.82, 2.24) is 14.9 Å². The molecule has 1 aliphatic rings. The average Bonchev–Trinajstić information content (AvgIpc) is 3.09. The molecule has 4 rings (SSSR count). The van der Waals surface area contributed by atoms with Crippen LogP contribution >= 0.6 is 0 Å². The van der Waals surface area contributed by atoms with Gasteiger partial charge in [0.25, 0.3) is 0 Å². The number of alkyl halides is 3. The molecule has 3 N–H and O–H groups in total. The first kappa shape index (κ1) is 23.0. The number of aryl methyl sites for hydroxylation is 1. The van der Waals surface area contributed by atoms with Crippen molar-refractivity contribution in [3.63, 3.8) is 0 Å². The van der Waals surface area contributed by atoms with Gasteiger partial charge in [-0.25, -0.2) is 13.6 Å². The van der Waals surface area contributed by atoms with Gasteiger partial charge in [-0.15, -0.1) is 0 Å². The first-order valence-corrected chi connectivity index (χ1v) is 10.4. The maximum absolute atomic E-state index is 13.5. The summed E-state index contributed by atoms with van der Waals surface area (Å²) >= 11 is 0. The predicted octanol–water partition coefficient (Wildman–Crippen LogP) is 5.54. The molecule has 176 valence electrons. The molecule has 1 saturated heterocycles. The van der Waals surface area contributed by atoms with Gasteiger partial charge in [-0.05, 0) is 50.6 Å². The number of hydrogen-bond acceptors (Lipinski definition) is 3. The largest absolute Gasteiger partial charge is 0.401 e. The van der Waals surface area contributed by atoms with E-state index in [-0.39, 0.29) is 11.6 Å². The summed E-state index contributed by atoms with van der Waals surface area (Å²) in [5, 5.41) is 5.56. The van der Waals surface area contributed by atoms with Crippen LogP contribution in [0.1, 0.15) is 30.0 Å². The molecule has 2 aromatic heterocycles. The van der Waals surface area contributed by atoms with E-state index in [0.717, 1.165) is 23.4 Å². The summed E-state index contributed by atoms with van der Waals surface area (Å²) in [6.07, 6.45) is -0.120. The Morgan fingerprint density at radius 2 is 1.85 bits per heavy atom. The first-order valence-electron chi connectivity index (χ1n) is 10.4. The van der Waals surface area contributed by atoms with E-state index in [9.17, 15) is 26.7 Å². The Morgan fingerprint density at radius 3 is 2.52 bits per heavy atom. The van der Waals surface area contributed by atoms with Gasteiger partial charge in [0.05, 0.1) is 29.6 Å². The number of rotatable bonds is 4. The number of piperidine rings is 1. The van der Waals surface area contributed by atoms with Gasteiger partial charge in [0.2, 0.25) is 0 Å². The number of anilines is 2. The van der Waals surface area contributed by atoms with Crippen LogP contribution in [0.5, 0.6) is 0 Å². The molecule has 0 radical (unpaired) electrons. The second-order valence-electron chi connectivity index (χ2n) is 8.19. The Labute approximate surface area is 186 Å². The molecule has 0 atom stereocenters. The van der Waals surface area contributed by atoms with Crippen LogP contribution in [0, 0.1) is 18.6 Å². The number of aromatic nitrogens is 2. The summed E-state index contributed by atoms with van der Waals surface area (Å²) in [7, 11) is 0. The minimum absolute atomic E-state index is 0.0545. The number of carbonyl (C=O) groups is 1. The zero-order valence-corrected chi connectivity index (χ0v) is 17.7. The molecule has 1 fully saturated rings.